The Bertz CT molecular complexity index is 328. The van der Waals surface area contributed by atoms with Crippen molar-refractivity contribution in [3.05, 3.63) is 29.7 Å². The van der Waals surface area contributed by atoms with E-state index in [1.807, 2.05) is 0 Å². The van der Waals surface area contributed by atoms with E-state index in [1.54, 1.807) is 24.3 Å². The summed E-state index contributed by atoms with van der Waals surface area (Å²) in [6.45, 7) is 1.84. The maximum atomic E-state index is 10.5. The molecule has 0 saturated carbocycles. The fourth-order valence-electron chi connectivity index (χ4n) is 0.947. The number of hydrogen-bond acceptors (Lipinski definition) is 3. The highest BCUT2D eigenvalue weighted by Gasteiger charge is 1.95. The molecule has 14 heavy (non-hydrogen) atoms. The van der Waals surface area contributed by atoms with Gasteiger partial charge in [0.05, 0.1) is 0 Å². The van der Waals surface area contributed by atoms with E-state index in [4.69, 9.17) is 9.52 Å². The monoisotopic (exact) mass is 195 g/mol. The van der Waals surface area contributed by atoms with Gasteiger partial charge in [-0.25, -0.2) is 0 Å². The van der Waals surface area contributed by atoms with E-state index in [0.29, 0.717) is 18.1 Å². The Hall–Kier alpha value is -1.55. The first-order valence-electron chi connectivity index (χ1n) is 4.33. The number of rotatable bonds is 4. The van der Waals surface area contributed by atoms with Crippen molar-refractivity contribution in [1.82, 2.24) is 5.32 Å². The summed E-state index contributed by atoms with van der Waals surface area (Å²) in [5, 5.41) is 11.3. The number of carbonyl (C=O) groups excluding carboxylic acids is 1. The molecule has 0 aliphatic rings. The van der Waals surface area contributed by atoms with Gasteiger partial charge in [-0.1, -0.05) is 6.08 Å². The molecule has 0 aromatic carbocycles. The number of carbonyl (C=O) groups is 1. The molecular weight excluding hydrogens is 182 g/mol. The molecule has 0 fully saturated rings. The van der Waals surface area contributed by atoms with Crippen LogP contribution < -0.4 is 5.32 Å². The summed E-state index contributed by atoms with van der Waals surface area (Å²) in [7, 11) is 0. The van der Waals surface area contributed by atoms with Gasteiger partial charge in [-0.05, 0) is 18.2 Å². The third-order valence-corrected chi connectivity index (χ3v) is 1.59. The van der Waals surface area contributed by atoms with Gasteiger partial charge in [0.2, 0.25) is 5.91 Å². The van der Waals surface area contributed by atoms with Gasteiger partial charge in [0, 0.05) is 13.5 Å². The van der Waals surface area contributed by atoms with Crippen LogP contribution in [-0.4, -0.2) is 17.6 Å². The zero-order valence-electron chi connectivity index (χ0n) is 7.99. The van der Waals surface area contributed by atoms with Gasteiger partial charge in [-0.15, -0.1) is 0 Å². The number of hydrogen-bond donors (Lipinski definition) is 2. The fourth-order valence-corrected chi connectivity index (χ4v) is 0.947. The molecule has 0 radical (unpaired) electrons. The SMILES string of the molecule is CC(=O)NCC=Cc1ccc(CO)o1. The predicted octanol–water partition coefficient (Wildman–Crippen LogP) is 0.921. The van der Waals surface area contributed by atoms with Crippen molar-refractivity contribution >= 4 is 12.0 Å². The second-order valence-corrected chi connectivity index (χ2v) is 2.80. The Labute approximate surface area is 82.2 Å². The van der Waals surface area contributed by atoms with E-state index < -0.39 is 0 Å². The Morgan fingerprint density at radius 3 is 3.00 bits per heavy atom. The standard InChI is InChI=1S/C10H13NO3/c1-8(13)11-6-2-3-9-4-5-10(7-12)14-9/h2-5,12H,6-7H2,1H3,(H,11,13). The molecule has 1 aromatic rings. The molecule has 0 unspecified atom stereocenters. The van der Waals surface area contributed by atoms with Crippen LogP contribution in [0.4, 0.5) is 0 Å². The first-order valence-corrected chi connectivity index (χ1v) is 4.33. The molecule has 0 saturated heterocycles. The second-order valence-electron chi connectivity index (χ2n) is 2.80. The average Bonchev–Trinajstić information content (AvgIpc) is 2.60. The number of amides is 1. The van der Waals surface area contributed by atoms with Crippen LogP contribution in [0.1, 0.15) is 18.4 Å². The van der Waals surface area contributed by atoms with E-state index in [9.17, 15) is 4.79 Å². The molecule has 0 aliphatic heterocycles. The van der Waals surface area contributed by atoms with E-state index in [0.717, 1.165) is 0 Å². The highest BCUT2D eigenvalue weighted by molar-refractivity contribution is 5.73. The van der Waals surface area contributed by atoms with Crippen molar-refractivity contribution in [2.24, 2.45) is 0 Å². The van der Waals surface area contributed by atoms with E-state index in [1.165, 1.54) is 6.92 Å². The Balaban J connectivity index is 2.39. The van der Waals surface area contributed by atoms with Crippen LogP contribution in [0.5, 0.6) is 0 Å². The largest absolute Gasteiger partial charge is 0.459 e. The quantitative estimate of drug-likeness (QED) is 0.751. The summed E-state index contributed by atoms with van der Waals surface area (Å²) in [6.07, 6.45) is 3.52. The minimum atomic E-state index is -0.0977. The summed E-state index contributed by atoms with van der Waals surface area (Å²) in [5.41, 5.74) is 0. The van der Waals surface area contributed by atoms with E-state index in [2.05, 4.69) is 5.32 Å². The predicted molar refractivity (Wildman–Crippen MR) is 52.3 cm³/mol. The molecule has 76 valence electrons. The summed E-state index contributed by atoms with van der Waals surface area (Å²) in [6, 6.07) is 3.47. The Morgan fingerprint density at radius 1 is 1.64 bits per heavy atom. The molecule has 1 heterocycles. The first kappa shape index (κ1) is 10.5. The van der Waals surface area contributed by atoms with Gasteiger partial charge < -0.3 is 14.8 Å². The van der Waals surface area contributed by atoms with Gasteiger partial charge in [-0.3, -0.25) is 4.79 Å². The highest BCUT2D eigenvalue weighted by atomic mass is 16.4. The molecule has 1 rings (SSSR count). The highest BCUT2D eigenvalue weighted by Crippen LogP contribution is 2.08. The van der Waals surface area contributed by atoms with Gasteiger partial charge in [0.25, 0.3) is 0 Å². The van der Waals surface area contributed by atoms with Crippen molar-refractivity contribution < 1.29 is 14.3 Å². The van der Waals surface area contributed by atoms with Crippen molar-refractivity contribution in [2.45, 2.75) is 13.5 Å². The van der Waals surface area contributed by atoms with Crippen molar-refractivity contribution in [3.63, 3.8) is 0 Å². The van der Waals surface area contributed by atoms with Gasteiger partial charge in [-0.2, -0.15) is 0 Å². The summed E-state index contributed by atoms with van der Waals surface area (Å²) < 4.78 is 5.19. The zero-order chi connectivity index (χ0) is 10.4. The summed E-state index contributed by atoms with van der Waals surface area (Å²) in [4.78, 5) is 10.5. The average molecular weight is 195 g/mol. The Morgan fingerprint density at radius 2 is 2.43 bits per heavy atom. The lowest BCUT2D eigenvalue weighted by molar-refractivity contribution is -0.118. The third kappa shape index (κ3) is 3.45. The minimum Gasteiger partial charge on any atom is -0.459 e. The second kappa shape index (κ2) is 5.24. The fraction of sp³-hybridized carbons (Fsp3) is 0.300. The number of aliphatic hydroxyl groups is 1. The maximum absolute atomic E-state index is 10.5. The molecular formula is C10H13NO3. The summed E-state index contributed by atoms with van der Waals surface area (Å²) in [5.74, 6) is 1.13. The van der Waals surface area contributed by atoms with E-state index >= 15 is 0 Å². The van der Waals surface area contributed by atoms with Gasteiger partial charge >= 0.3 is 0 Å². The molecule has 4 nitrogen and oxygen atoms in total. The molecule has 0 aliphatic carbocycles. The first-order chi connectivity index (χ1) is 6.72. The third-order valence-electron chi connectivity index (χ3n) is 1.59. The van der Waals surface area contributed by atoms with E-state index in [-0.39, 0.29) is 12.5 Å². The van der Waals surface area contributed by atoms with Crippen LogP contribution in [0.3, 0.4) is 0 Å². The normalized spacial score (nSPS) is 10.7. The molecule has 0 atom stereocenters. The van der Waals surface area contributed by atoms with Crippen LogP contribution in [0.25, 0.3) is 6.08 Å². The molecule has 4 heteroatoms. The molecule has 1 aromatic heterocycles. The number of nitrogens with one attached hydrogen (secondary N) is 1. The smallest absolute Gasteiger partial charge is 0.217 e. The van der Waals surface area contributed by atoms with Crippen molar-refractivity contribution in [3.8, 4) is 0 Å². The minimum absolute atomic E-state index is 0.0647. The van der Waals surface area contributed by atoms with Crippen LogP contribution in [-0.2, 0) is 11.4 Å². The van der Waals surface area contributed by atoms with Crippen LogP contribution in [0.2, 0.25) is 0 Å². The molecule has 0 spiro atoms. The molecule has 1 amide bonds. The lowest BCUT2D eigenvalue weighted by Crippen LogP contribution is -2.19. The lowest BCUT2D eigenvalue weighted by atomic mass is 10.4. The maximum Gasteiger partial charge on any atom is 0.217 e. The number of furan rings is 1. The number of aliphatic hydroxyl groups excluding tert-OH is 1. The molecule has 0 bridgehead atoms. The van der Waals surface area contributed by atoms with Crippen LogP contribution >= 0.6 is 0 Å². The lowest BCUT2D eigenvalue weighted by Gasteiger charge is -1.93. The van der Waals surface area contributed by atoms with Gasteiger partial charge in [0.1, 0.15) is 18.1 Å². The van der Waals surface area contributed by atoms with Crippen LogP contribution in [0.15, 0.2) is 22.6 Å². The van der Waals surface area contributed by atoms with Crippen LogP contribution in [0, 0.1) is 0 Å². The topological polar surface area (TPSA) is 62.5 Å². The summed E-state index contributed by atoms with van der Waals surface area (Å²) >= 11 is 0. The molecule has 2 N–H and O–H groups in total. The van der Waals surface area contributed by atoms with Crippen molar-refractivity contribution in [1.29, 1.82) is 0 Å². The zero-order valence-corrected chi connectivity index (χ0v) is 7.99. The van der Waals surface area contributed by atoms with Gasteiger partial charge in [0.15, 0.2) is 0 Å². The Kier molecular flexibility index (Phi) is 3.94. The van der Waals surface area contributed by atoms with Crippen molar-refractivity contribution in [2.75, 3.05) is 6.54 Å².